The maximum Gasteiger partial charge on any atom is 0.410 e. The van der Waals surface area contributed by atoms with Crippen molar-refractivity contribution in [3.05, 3.63) is 45.3 Å². The van der Waals surface area contributed by atoms with E-state index in [4.69, 9.17) is 22.1 Å². The van der Waals surface area contributed by atoms with Gasteiger partial charge in [0.2, 0.25) is 0 Å². The third kappa shape index (κ3) is 6.78. The summed E-state index contributed by atoms with van der Waals surface area (Å²) in [4.78, 5) is 48.0. The molecule has 13 heteroatoms. The summed E-state index contributed by atoms with van der Waals surface area (Å²) in [6.07, 6.45) is 1.85. The fraction of sp³-hybridized carbons (Fsp3) is 0.581. The molecule has 0 aliphatic carbocycles. The Hall–Kier alpha value is -3.06. The first-order chi connectivity index (χ1) is 21.3. The lowest BCUT2D eigenvalue weighted by Gasteiger charge is -2.41. The summed E-state index contributed by atoms with van der Waals surface area (Å²) < 4.78 is 6.01. The highest BCUT2D eigenvalue weighted by atomic mass is 35.5. The molecule has 6 rings (SSSR count). The van der Waals surface area contributed by atoms with Gasteiger partial charge < -0.3 is 30.5 Å². The SMILES string of the molecule is Cc1cc(C[C@@H](OC(=O)N2CCC(N3Cc4ccsc4NC3=O)CC2)C(=O)N2CCC(N3CCNCC3)CC2)cc(Cl)c1N. The van der Waals surface area contributed by atoms with Crippen LogP contribution in [0.3, 0.4) is 0 Å². The van der Waals surface area contributed by atoms with Crippen LogP contribution in [0.2, 0.25) is 5.02 Å². The van der Waals surface area contributed by atoms with Crippen LogP contribution in [0, 0.1) is 6.92 Å². The van der Waals surface area contributed by atoms with Gasteiger partial charge in [0.15, 0.2) is 6.10 Å². The Morgan fingerprint density at radius 3 is 2.43 bits per heavy atom. The van der Waals surface area contributed by atoms with E-state index in [9.17, 15) is 14.4 Å². The third-order valence-electron chi connectivity index (χ3n) is 9.51. The highest BCUT2D eigenvalue weighted by Crippen LogP contribution is 2.32. The molecule has 11 nitrogen and oxygen atoms in total. The van der Waals surface area contributed by atoms with E-state index in [0.717, 1.165) is 60.7 Å². The van der Waals surface area contributed by atoms with Crippen LogP contribution in [0.15, 0.2) is 23.6 Å². The molecule has 0 bridgehead atoms. The largest absolute Gasteiger partial charge is 0.436 e. The Kier molecular flexibility index (Phi) is 9.51. The molecule has 44 heavy (non-hydrogen) atoms. The number of halogens is 1. The van der Waals surface area contributed by atoms with Crippen LogP contribution < -0.4 is 16.4 Å². The monoisotopic (exact) mass is 643 g/mol. The van der Waals surface area contributed by atoms with Gasteiger partial charge in [0, 0.05) is 76.4 Å². The number of carbonyl (C=O) groups excluding carboxylic acids is 3. The van der Waals surface area contributed by atoms with Crippen molar-refractivity contribution in [2.45, 2.75) is 63.8 Å². The Morgan fingerprint density at radius 2 is 1.73 bits per heavy atom. The minimum Gasteiger partial charge on any atom is -0.436 e. The van der Waals surface area contributed by atoms with Crippen molar-refractivity contribution in [2.75, 3.05) is 63.4 Å². The van der Waals surface area contributed by atoms with Crippen molar-refractivity contribution >= 4 is 51.7 Å². The van der Waals surface area contributed by atoms with Gasteiger partial charge >= 0.3 is 12.1 Å². The number of amides is 4. The summed E-state index contributed by atoms with van der Waals surface area (Å²) in [5, 5.41) is 9.71. The van der Waals surface area contributed by atoms with Gasteiger partial charge in [-0.15, -0.1) is 11.3 Å². The van der Waals surface area contributed by atoms with Gasteiger partial charge in [-0.25, -0.2) is 9.59 Å². The lowest BCUT2D eigenvalue weighted by atomic mass is 10.00. The molecule has 1 aromatic carbocycles. The molecule has 0 spiro atoms. The van der Waals surface area contributed by atoms with Crippen LogP contribution >= 0.6 is 22.9 Å². The molecule has 0 radical (unpaired) electrons. The minimum absolute atomic E-state index is 0.0291. The second-order valence-corrected chi connectivity index (χ2v) is 13.6. The van der Waals surface area contributed by atoms with Gasteiger partial charge in [-0.3, -0.25) is 15.0 Å². The van der Waals surface area contributed by atoms with Gasteiger partial charge in [-0.1, -0.05) is 17.7 Å². The molecule has 3 saturated heterocycles. The number of ether oxygens (including phenoxy) is 1. The van der Waals surface area contributed by atoms with E-state index in [1.807, 2.05) is 34.2 Å². The van der Waals surface area contributed by atoms with Gasteiger partial charge in [-0.2, -0.15) is 0 Å². The molecule has 238 valence electrons. The summed E-state index contributed by atoms with van der Waals surface area (Å²) in [5.74, 6) is -0.172. The number of nitrogens with two attached hydrogens (primary N) is 1. The van der Waals surface area contributed by atoms with Crippen molar-refractivity contribution in [2.24, 2.45) is 0 Å². The lowest BCUT2D eigenvalue weighted by Crippen LogP contribution is -2.54. The van der Waals surface area contributed by atoms with Crippen molar-refractivity contribution in [3.8, 4) is 0 Å². The number of piperazine rings is 1. The molecule has 3 fully saturated rings. The van der Waals surface area contributed by atoms with Crippen molar-refractivity contribution in [3.63, 3.8) is 0 Å². The number of nitrogens with one attached hydrogen (secondary N) is 2. The van der Waals surface area contributed by atoms with E-state index in [0.29, 0.717) is 62.3 Å². The maximum absolute atomic E-state index is 13.9. The fourth-order valence-electron chi connectivity index (χ4n) is 6.89. The summed E-state index contributed by atoms with van der Waals surface area (Å²) in [6, 6.07) is 6.10. The Bertz CT molecular complexity index is 1340. The smallest absolute Gasteiger partial charge is 0.410 e. The molecule has 0 saturated carbocycles. The van der Waals surface area contributed by atoms with Crippen molar-refractivity contribution < 1.29 is 19.1 Å². The van der Waals surface area contributed by atoms with E-state index in [1.54, 1.807) is 11.0 Å². The average Bonchev–Trinajstić information content (AvgIpc) is 3.50. The van der Waals surface area contributed by atoms with Crippen LogP contribution in [0.5, 0.6) is 0 Å². The normalized spacial score (nSPS) is 21.1. The summed E-state index contributed by atoms with van der Waals surface area (Å²) >= 11 is 7.91. The minimum atomic E-state index is -0.972. The predicted octanol–water partition coefficient (Wildman–Crippen LogP) is 3.75. The van der Waals surface area contributed by atoms with E-state index < -0.39 is 12.2 Å². The van der Waals surface area contributed by atoms with E-state index >= 15 is 0 Å². The first-order valence-corrected chi connectivity index (χ1v) is 16.9. The van der Waals surface area contributed by atoms with Crippen molar-refractivity contribution in [1.29, 1.82) is 0 Å². The van der Waals surface area contributed by atoms with Crippen LogP contribution in [0.4, 0.5) is 20.3 Å². The lowest BCUT2D eigenvalue weighted by molar-refractivity contribution is -0.142. The second-order valence-electron chi connectivity index (χ2n) is 12.3. The zero-order valence-electron chi connectivity index (χ0n) is 25.2. The molecule has 4 N–H and O–H groups in total. The first kappa shape index (κ1) is 30.9. The quantitative estimate of drug-likeness (QED) is 0.410. The van der Waals surface area contributed by atoms with Gasteiger partial charge in [0.05, 0.1) is 17.3 Å². The molecule has 5 heterocycles. The third-order valence-corrected chi connectivity index (χ3v) is 10.7. The molecule has 4 aliphatic heterocycles. The number of rotatable bonds is 6. The van der Waals surface area contributed by atoms with Gasteiger partial charge in [0.25, 0.3) is 5.91 Å². The Labute approximate surface area is 267 Å². The number of hydrogen-bond acceptors (Lipinski definition) is 8. The van der Waals surface area contributed by atoms with E-state index in [2.05, 4.69) is 15.5 Å². The number of benzene rings is 1. The summed E-state index contributed by atoms with van der Waals surface area (Å²) in [7, 11) is 0. The predicted molar refractivity (Wildman–Crippen MR) is 172 cm³/mol. The average molecular weight is 644 g/mol. The number of nitrogens with zero attached hydrogens (tertiary/aromatic N) is 4. The topological polar surface area (TPSA) is 123 Å². The number of piperidine rings is 2. The number of carbonyl (C=O) groups is 3. The number of hydrogen-bond donors (Lipinski definition) is 3. The van der Waals surface area contributed by atoms with Crippen LogP contribution in [0.25, 0.3) is 0 Å². The van der Waals surface area contributed by atoms with Gasteiger partial charge in [-0.05, 0) is 61.2 Å². The zero-order valence-corrected chi connectivity index (χ0v) is 26.8. The number of nitrogen functional groups attached to an aromatic ring is 1. The van der Waals surface area contributed by atoms with E-state index in [1.165, 1.54) is 11.3 Å². The molecular formula is C31H42ClN7O4S. The molecule has 0 unspecified atom stereocenters. The second kappa shape index (κ2) is 13.5. The maximum atomic E-state index is 13.9. The molecule has 1 aromatic heterocycles. The van der Waals surface area contributed by atoms with Gasteiger partial charge in [0.1, 0.15) is 5.00 Å². The van der Waals surface area contributed by atoms with Crippen LogP contribution in [0.1, 0.15) is 42.4 Å². The number of anilines is 2. The van der Waals surface area contributed by atoms with Crippen LogP contribution in [-0.4, -0.2) is 108 Å². The Balaban J connectivity index is 1.09. The van der Waals surface area contributed by atoms with E-state index in [-0.39, 0.29) is 24.4 Å². The fourth-order valence-corrected chi connectivity index (χ4v) is 7.97. The number of aryl methyl sites for hydroxylation is 1. The highest BCUT2D eigenvalue weighted by molar-refractivity contribution is 7.14. The first-order valence-electron chi connectivity index (χ1n) is 15.6. The number of thiophene rings is 1. The number of likely N-dealkylation sites (tertiary alicyclic amines) is 2. The molecule has 1 atom stereocenters. The molecule has 4 amide bonds. The van der Waals surface area contributed by atoms with Crippen molar-refractivity contribution in [1.82, 2.24) is 24.9 Å². The molecule has 4 aliphatic rings. The van der Waals surface area contributed by atoms with Crippen LogP contribution in [-0.2, 0) is 22.5 Å². The zero-order chi connectivity index (χ0) is 30.8. The summed E-state index contributed by atoms with van der Waals surface area (Å²) in [6.45, 7) is 8.69. The summed E-state index contributed by atoms with van der Waals surface area (Å²) in [5.41, 5.74) is 9.31. The standard InChI is InChI=1S/C31H42ClN7O4S/c1-20-16-21(17-25(32)27(20)33)18-26(29(40)37-9-2-23(3-10-37)36-13-7-34-8-14-36)43-31(42)38-11-4-24(5-12-38)39-19-22-6-15-44-28(22)35-30(39)41/h6,15-17,23-24,26,34H,2-5,7-14,18-19,33H2,1H3,(H,35,41)/t26-/m1/s1. The number of urea groups is 1. The Morgan fingerprint density at radius 1 is 1.05 bits per heavy atom. The molecule has 2 aromatic rings. The highest BCUT2D eigenvalue weighted by Gasteiger charge is 2.37. The molecular weight excluding hydrogens is 602 g/mol. The number of fused-ring (bicyclic) bond motifs is 1.